The minimum absolute atomic E-state index is 0.193. The fraction of sp³-hybridized carbons (Fsp3) is 0.474. The second kappa shape index (κ2) is 8.64. The van der Waals surface area contributed by atoms with Crippen molar-refractivity contribution in [1.29, 1.82) is 0 Å². The lowest BCUT2D eigenvalue weighted by Crippen LogP contribution is -2.57. The Morgan fingerprint density at radius 1 is 1.25 bits per heavy atom. The number of hydrogen-bond acceptors (Lipinski definition) is 8. The Hall–Kier alpha value is -2.77. The van der Waals surface area contributed by atoms with Crippen LogP contribution < -0.4 is 9.62 Å². The predicted molar refractivity (Wildman–Crippen MR) is 113 cm³/mol. The van der Waals surface area contributed by atoms with Crippen LogP contribution in [0.4, 0.5) is 14.6 Å². The first kappa shape index (κ1) is 22.4. The number of hydrogen-bond donors (Lipinski definition) is 1. The number of ether oxygens (including phenoxy) is 1. The Balaban J connectivity index is 1.64. The van der Waals surface area contributed by atoms with Gasteiger partial charge in [-0.25, -0.2) is 41.4 Å². The molecule has 0 saturated carbocycles. The second-order valence-corrected chi connectivity index (χ2v) is 9.46. The van der Waals surface area contributed by atoms with E-state index in [1.807, 2.05) is 11.8 Å². The number of nitrogens with zero attached hydrogens (tertiary/aromatic N) is 6. The summed E-state index contributed by atoms with van der Waals surface area (Å²) in [7, 11) is -3.39. The highest BCUT2D eigenvalue weighted by Crippen LogP contribution is 2.27. The van der Waals surface area contributed by atoms with E-state index in [1.165, 1.54) is 29.2 Å². The number of fused-ring (bicyclic) bond motifs is 1. The van der Waals surface area contributed by atoms with Crippen LogP contribution in [0.1, 0.15) is 26.0 Å². The van der Waals surface area contributed by atoms with Crippen LogP contribution in [0.2, 0.25) is 0 Å². The summed E-state index contributed by atoms with van der Waals surface area (Å²) in [4.78, 5) is 14.9. The zero-order valence-corrected chi connectivity index (χ0v) is 18.5. The molecule has 0 amide bonds. The molecular formula is C19H23F2N7O3S. The molecule has 1 N–H and O–H groups in total. The van der Waals surface area contributed by atoms with Crippen LogP contribution in [0.5, 0.6) is 0 Å². The molecule has 3 aromatic heterocycles. The van der Waals surface area contributed by atoms with E-state index in [-0.39, 0.29) is 11.7 Å². The van der Waals surface area contributed by atoms with Gasteiger partial charge in [-0.2, -0.15) is 5.10 Å². The lowest BCUT2D eigenvalue weighted by atomic mass is 10.0. The van der Waals surface area contributed by atoms with E-state index in [0.717, 1.165) is 6.26 Å². The molecule has 13 heteroatoms. The van der Waals surface area contributed by atoms with E-state index in [2.05, 4.69) is 24.8 Å². The summed E-state index contributed by atoms with van der Waals surface area (Å²) < 4.78 is 59.2. The molecule has 1 saturated heterocycles. The fourth-order valence-electron chi connectivity index (χ4n) is 3.92. The van der Waals surface area contributed by atoms with Gasteiger partial charge in [0, 0.05) is 18.7 Å². The first-order chi connectivity index (χ1) is 15.1. The summed E-state index contributed by atoms with van der Waals surface area (Å²) in [6.07, 6.45) is 0.908. The lowest BCUT2D eigenvalue weighted by Gasteiger charge is -2.42. The number of nitrogens with one attached hydrogen (secondary N) is 1. The van der Waals surface area contributed by atoms with Gasteiger partial charge in [0.1, 0.15) is 23.5 Å². The number of aromatic nitrogens is 5. The number of alkyl halides is 2. The van der Waals surface area contributed by atoms with Crippen LogP contribution in [0.3, 0.4) is 0 Å². The average Bonchev–Trinajstić information content (AvgIpc) is 3.16. The van der Waals surface area contributed by atoms with Crippen molar-refractivity contribution < 1.29 is 21.9 Å². The van der Waals surface area contributed by atoms with Crippen molar-refractivity contribution >= 4 is 21.5 Å². The maximum absolute atomic E-state index is 13.1. The van der Waals surface area contributed by atoms with Crippen LogP contribution in [0.25, 0.3) is 17.0 Å². The van der Waals surface area contributed by atoms with Gasteiger partial charge >= 0.3 is 0 Å². The van der Waals surface area contributed by atoms with Gasteiger partial charge in [-0.15, -0.1) is 0 Å². The summed E-state index contributed by atoms with van der Waals surface area (Å²) in [5, 5.41) is 3.98. The zero-order chi connectivity index (χ0) is 23.0. The Labute approximate surface area is 183 Å². The van der Waals surface area contributed by atoms with Gasteiger partial charge in [0.15, 0.2) is 5.65 Å². The van der Waals surface area contributed by atoms with Crippen molar-refractivity contribution in [1.82, 2.24) is 29.3 Å². The number of anilines is 1. The van der Waals surface area contributed by atoms with Crippen LogP contribution in [-0.2, 0) is 14.8 Å². The minimum atomic E-state index is -3.39. The van der Waals surface area contributed by atoms with Crippen molar-refractivity contribution in [3.8, 4) is 11.4 Å². The van der Waals surface area contributed by atoms with E-state index >= 15 is 0 Å². The largest absolute Gasteiger partial charge is 0.373 e. The van der Waals surface area contributed by atoms with Gasteiger partial charge in [-0.05, 0) is 26.0 Å². The molecule has 4 rings (SSSR count). The van der Waals surface area contributed by atoms with Crippen molar-refractivity contribution in [3.63, 3.8) is 0 Å². The van der Waals surface area contributed by atoms with Gasteiger partial charge in [-0.3, -0.25) is 0 Å². The smallest absolute Gasteiger partial charge is 0.282 e. The summed E-state index contributed by atoms with van der Waals surface area (Å²) >= 11 is 0. The van der Waals surface area contributed by atoms with Gasteiger partial charge in [0.25, 0.3) is 6.43 Å². The Morgan fingerprint density at radius 2 is 2.03 bits per heavy atom. The SMILES string of the molecule is CC1[C@@H]([C@H](C)NS(C)(=O)=O)OCCN1c1cc(-c2cnc3ccc(C(F)F)nn23)ncn1. The van der Waals surface area contributed by atoms with Crippen LogP contribution >= 0.6 is 0 Å². The van der Waals surface area contributed by atoms with Gasteiger partial charge < -0.3 is 9.64 Å². The standard InChI is InChI=1S/C19H23F2N7O3S/c1-11(26-32(3,29)30)18-12(2)27(6-7-31-18)17-8-14(23-10-24-17)15-9-22-16-5-4-13(19(20)21)25-28(15)16/h4-5,8-12,18-19,26H,6-7H2,1-3H3/t11-,12?,18+/m0/s1. The maximum Gasteiger partial charge on any atom is 0.282 e. The minimum Gasteiger partial charge on any atom is -0.373 e. The fourth-order valence-corrected chi connectivity index (χ4v) is 4.73. The topological polar surface area (TPSA) is 115 Å². The zero-order valence-electron chi connectivity index (χ0n) is 17.7. The van der Waals surface area contributed by atoms with E-state index in [1.54, 1.807) is 13.0 Å². The summed E-state index contributed by atoms with van der Waals surface area (Å²) in [5.74, 6) is 0.599. The molecule has 10 nitrogen and oxygen atoms in total. The predicted octanol–water partition coefficient (Wildman–Crippen LogP) is 1.66. The van der Waals surface area contributed by atoms with E-state index in [4.69, 9.17) is 4.74 Å². The Bertz CT molecular complexity index is 1220. The molecule has 32 heavy (non-hydrogen) atoms. The molecule has 0 aliphatic carbocycles. The number of rotatable bonds is 6. The van der Waals surface area contributed by atoms with E-state index in [9.17, 15) is 17.2 Å². The molecule has 0 spiro atoms. The van der Waals surface area contributed by atoms with E-state index < -0.39 is 28.6 Å². The molecule has 172 valence electrons. The molecule has 3 aromatic rings. The summed E-state index contributed by atoms with van der Waals surface area (Å²) in [5.41, 5.74) is 0.989. The molecule has 1 aliphatic rings. The third kappa shape index (κ3) is 4.54. The third-order valence-electron chi connectivity index (χ3n) is 5.32. The van der Waals surface area contributed by atoms with Gasteiger partial charge in [0.2, 0.25) is 10.0 Å². The van der Waals surface area contributed by atoms with E-state index in [0.29, 0.717) is 36.0 Å². The Morgan fingerprint density at radius 3 is 2.75 bits per heavy atom. The second-order valence-electron chi connectivity index (χ2n) is 7.68. The highest BCUT2D eigenvalue weighted by molar-refractivity contribution is 7.88. The number of imidazole rings is 1. The van der Waals surface area contributed by atoms with Crippen molar-refractivity contribution in [3.05, 3.63) is 36.4 Å². The van der Waals surface area contributed by atoms with Crippen LogP contribution in [-0.4, -0.2) is 70.6 Å². The average molecular weight is 468 g/mol. The number of halogens is 2. The molecule has 1 fully saturated rings. The quantitative estimate of drug-likeness (QED) is 0.582. The monoisotopic (exact) mass is 467 g/mol. The molecule has 0 radical (unpaired) electrons. The van der Waals surface area contributed by atoms with Crippen LogP contribution in [0.15, 0.2) is 30.7 Å². The summed E-state index contributed by atoms with van der Waals surface area (Å²) in [6, 6.07) is 3.81. The summed E-state index contributed by atoms with van der Waals surface area (Å²) in [6.45, 7) is 4.61. The van der Waals surface area contributed by atoms with Crippen molar-refractivity contribution in [2.24, 2.45) is 0 Å². The third-order valence-corrected chi connectivity index (χ3v) is 6.12. The molecule has 0 aromatic carbocycles. The normalized spacial score (nSPS) is 20.8. The first-order valence-electron chi connectivity index (χ1n) is 9.95. The highest BCUT2D eigenvalue weighted by atomic mass is 32.2. The molecule has 1 aliphatic heterocycles. The first-order valence-corrected chi connectivity index (χ1v) is 11.8. The lowest BCUT2D eigenvalue weighted by molar-refractivity contribution is -0.000103. The maximum atomic E-state index is 13.1. The number of morpholine rings is 1. The van der Waals surface area contributed by atoms with Gasteiger partial charge in [0.05, 0.1) is 36.9 Å². The molecule has 0 bridgehead atoms. The van der Waals surface area contributed by atoms with Crippen molar-refractivity contribution in [2.75, 3.05) is 24.3 Å². The molecule has 3 atom stereocenters. The number of sulfonamides is 1. The Kier molecular flexibility index (Phi) is 6.05. The molecule has 1 unspecified atom stereocenters. The molecule has 4 heterocycles. The van der Waals surface area contributed by atoms with Crippen molar-refractivity contribution in [2.45, 2.75) is 38.5 Å². The van der Waals surface area contributed by atoms with Crippen LogP contribution in [0, 0.1) is 0 Å². The molecular weight excluding hydrogens is 444 g/mol. The highest BCUT2D eigenvalue weighted by Gasteiger charge is 2.34. The van der Waals surface area contributed by atoms with Gasteiger partial charge in [-0.1, -0.05) is 0 Å².